The highest BCUT2D eigenvalue weighted by Crippen LogP contribution is 2.45. The molecule has 0 heterocycles. The first kappa shape index (κ1) is 12.4. The molecule has 3 unspecified atom stereocenters. The Morgan fingerprint density at radius 3 is 2.56 bits per heavy atom. The molecule has 94 valence electrons. The standard InChI is InChI=1S/C14H26O2/c1-4-14(2,3)9-15-10-16-13-8-11-5-6-12(13)7-11/h11-13H,4-10H2,1-3H3. The zero-order valence-corrected chi connectivity index (χ0v) is 11.0. The van der Waals surface area contributed by atoms with Gasteiger partial charge in [-0.05, 0) is 49.4 Å². The number of hydrogen-bond acceptors (Lipinski definition) is 2. The second-order valence-electron chi connectivity index (χ2n) is 6.36. The number of hydrogen-bond donors (Lipinski definition) is 0. The molecule has 3 atom stereocenters. The van der Waals surface area contributed by atoms with Gasteiger partial charge in [0.15, 0.2) is 0 Å². The molecule has 0 radical (unpaired) electrons. The van der Waals surface area contributed by atoms with Gasteiger partial charge in [0.1, 0.15) is 6.79 Å². The summed E-state index contributed by atoms with van der Waals surface area (Å²) >= 11 is 0. The summed E-state index contributed by atoms with van der Waals surface area (Å²) in [6.07, 6.45) is 7.17. The smallest absolute Gasteiger partial charge is 0.147 e. The predicted molar refractivity (Wildman–Crippen MR) is 65.2 cm³/mol. The normalized spacial score (nSPS) is 33.6. The third-order valence-corrected chi connectivity index (χ3v) is 4.49. The SMILES string of the molecule is CCC(C)(C)COCOC1CC2CCC1C2. The van der Waals surface area contributed by atoms with Crippen LogP contribution in [0.3, 0.4) is 0 Å². The minimum absolute atomic E-state index is 0.290. The predicted octanol–water partition coefficient (Wildman–Crippen LogP) is 3.60. The van der Waals surface area contributed by atoms with E-state index in [1.165, 1.54) is 25.7 Å². The van der Waals surface area contributed by atoms with Crippen molar-refractivity contribution >= 4 is 0 Å². The summed E-state index contributed by atoms with van der Waals surface area (Å²) in [5, 5.41) is 0. The van der Waals surface area contributed by atoms with Crippen molar-refractivity contribution in [2.24, 2.45) is 17.3 Å². The van der Waals surface area contributed by atoms with Crippen LogP contribution in [-0.2, 0) is 9.47 Å². The van der Waals surface area contributed by atoms with E-state index >= 15 is 0 Å². The molecule has 2 bridgehead atoms. The Morgan fingerprint density at radius 2 is 2.00 bits per heavy atom. The molecule has 2 heteroatoms. The maximum atomic E-state index is 5.85. The van der Waals surface area contributed by atoms with Crippen LogP contribution in [0.4, 0.5) is 0 Å². The monoisotopic (exact) mass is 226 g/mol. The lowest BCUT2D eigenvalue weighted by Gasteiger charge is -2.25. The van der Waals surface area contributed by atoms with Crippen LogP contribution >= 0.6 is 0 Å². The van der Waals surface area contributed by atoms with Gasteiger partial charge in [-0.2, -0.15) is 0 Å². The summed E-state index contributed by atoms with van der Waals surface area (Å²) in [5.41, 5.74) is 0.290. The lowest BCUT2D eigenvalue weighted by atomic mass is 9.92. The summed E-state index contributed by atoms with van der Waals surface area (Å²) < 4.78 is 11.5. The Kier molecular flexibility index (Phi) is 3.91. The molecule has 2 rings (SSSR count). The lowest BCUT2D eigenvalue weighted by molar-refractivity contribution is -0.119. The second-order valence-corrected chi connectivity index (χ2v) is 6.36. The van der Waals surface area contributed by atoms with Gasteiger partial charge in [0.05, 0.1) is 12.7 Å². The van der Waals surface area contributed by atoms with Gasteiger partial charge in [0.2, 0.25) is 0 Å². The zero-order chi connectivity index (χ0) is 11.6. The minimum atomic E-state index is 0.290. The van der Waals surface area contributed by atoms with Gasteiger partial charge >= 0.3 is 0 Å². The molecule has 2 nitrogen and oxygen atoms in total. The zero-order valence-electron chi connectivity index (χ0n) is 11.0. The highest BCUT2D eigenvalue weighted by atomic mass is 16.7. The number of rotatable bonds is 6. The van der Waals surface area contributed by atoms with Crippen LogP contribution in [0, 0.1) is 17.3 Å². The van der Waals surface area contributed by atoms with Crippen molar-refractivity contribution in [1.82, 2.24) is 0 Å². The molecule has 2 aliphatic carbocycles. The van der Waals surface area contributed by atoms with Gasteiger partial charge in [-0.3, -0.25) is 0 Å². The molecule has 0 aliphatic heterocycles. The van der Waals surface area contributed by atoms with Crippen LogP contribution in [0.1, 0.15) is 52.9 Å². The summed E-state index contributed by atoms with van der Waals surface area (Å²) in [6.45, 7) is 8.00. The summed E-state index contributed by atoms with van der Waals surface area (Å²) in [5.74, 6) is 1.80. The van der Waals surface area contributed by atoms with Crippen LogP contribution in [0.2, 0.25) is 0 Å². The van der Waals surface area contributed by atoms with Gasteiger partial charge in [-0.1, -0.05) is 20.8 Å². The molecule has 0 spiro atoms. The van der Waals surface area contributed by atoms with E-state index in [1.807, 2.05) is 0 Å². The fraction of sp³-hybridized carbons (Fsp3) is 1.00. The molecule has 2 aliphatic rings. The molecule has 16 heavy (non-hydrogen) atoms. The first-order valence-corrected chi connectivity index (χ1v) is 6.80. The van der Waals surface area contributed by atoms with Gasteiger partial charge in [-0.15, -0.1) is 0 Å². The minimum Gasteiger partial charge on any atom is -0.355 e. The van der Waals surface area contributed by atoms with Gasteiger partial charge in [0.25, 0.3) is 0 Å². The Hall–Kier alpha value is -0.0800. The first-order valence-electron chi connectivity index (χ1n) is 6.80. The second kappa shape index (κ2) is 5.05. The molecule has 0 N–H and O–H groups in total. The molecule has 0 aromatic heterocycles. The van der Waals surface area contributed by atoms with Crippen LogP contribution < -0.4 is 0 Å². The third-order valence-electron chi connectivity index (χ3n) is 4.49. The summed E-state index contributed by atoms with van der Waals surface area (Å²) in [4.78, 5) is 0. The average molecular weight is 226 g/mol. The topological polar surface area (TPSA) is 18.5 Å². The fourth-order valence-electron chi connectivity index (χ4n) is 2.95. The van der Waals surface area contributed by atoms with E-state index < -0.39 is 0 Å². The number of ether oxygens (including phenoxy) is 2. The van der Waals surface area contributed by atoms with E-state index in [9.17, 15) is 0 Å². The molecular weight excluding hydrogens is 200 g/mol. The summed E-state index contributed by atoms with van der Waals surface area (Å²) in [6, 6.07) is 0. The van der Waals surface area contributed by atoms with Crippen molar-refractivity contribution in [3.8, 4) is 0 Å². The van der Waals surface area contributed by atoms with Crippen LogP contribution in [0.25, 0.3) is 0 Å². The highest BCUT2D eigenvalue weighted by molar-refractivity contribution is 4.90. The maximum Gasteiger partial charge on any atom is 0.147 e. The molecular formula is C14H26O2. The third kappa shape index (κ3) is 2.98. The van der Waals surface area contributed by atoms with Gasteiger partial charge in [0, 0.05) is 0 Å². The van der Waals surface area contributed by atoms with Crippen LogP contribution in [-0.4, -0.2) is 19.5 Å². The summed E-state index contributed by atoms with van der Waals surface area (Å²) in [7, 11) is 0. The fourth-order valence-corrected chi connectivity index (χ4v) is 2.95. The van der Waals surface area contributed by atoms with Gasteiger partial charge < -0.3 is 9.47 Å². The van der Waals surface area contributed by atoms with E-state index in [0.717, 1.165) is 24.9 Å². The van der Waals surface area contributed by atoms with E-state index in [0.29, 0.717) is 12.9 Å². The van der Waals surface area contributed by atoms with E-state index in [2.05, 4.69) is 20.8 Å². The molecule has 2 saturated carbocycles. The van der Waals surface area contributed by atoms with Gasteiger partial charge in [-0.25, -0.2) is 0 Å². The van der Waals surface area contributed by atoms with E-state index in [1.54, 1.807) is 0 Å². The Balaban J connectivity index is 1.59. The van der Waals surface area contributed by atoms with Crippen LogP contribution in [0.15, 0.2) is 0 Å². The number of fused-ring (bicyclic) bond motifs is 2. The Bertz CT molecular complexity index is 225. The molecule has 2 fully saturated rings. The van der Waals surface area contributed by atoms with Crippen LogP contribution in [0.5, 0.6) is 0 Å². The van der Waals surface area contributed by atoms with Crippen molar-refractivity contribution < 1.29 is 9.47 Å². The molecule has 0 amide bonds. The van der Waals surface area contributed by atoms with E-state index in [4.69, 9.17) is 9.47 Å². The molecule has 0 saturated heterocycles. The maximum absolute atomic E-state index is 5.85. The van der Waals surface area contributed by atoms with Crippen molar-refractivity contribution in [3.63, 3.8) is 0 Å². The van der Waals surface area contributed by atoms with Crippen molar-refractivity contribution in [2.45, 2.75) is 59.0 Å². The van der Waals surface area contributed by atoms with E-state index in [-0.39, 0.29) is 5.41 Å². The largest absolute Gasteiger partial charge is 0.355 e. The van der Waals surface area contributed by atoms with Crippen molar-refractivity contribution in [3.05, 3.63) is 0 Å². The van der Waals surface area contributed by atoms with Crippen molar-refractivity contribution in [2.75, 3.05) is 13.4 Å². The quantitative estimate of drug-likeness (QED) is 0.509. The first-order chi connectivity index (χ1) is 7.61. The molecule has 0 aromatic carbocycles. The molecule has 0 aromatic rings. The Labute approximate surface area is 99.7 Å². The lowest BCUT2D eigenvalue weighted by Crippen LogP contribution is -2.24. The average Bonchev–Trinajstić information content (AvgIpc) is 2.86. The van der Waals surface area contributed by atoms with Crippen molar-refractivity contribution in [1.29, 1.82) is 0 Å². The highest BCUT2D eigenvalue weighted by Gasteiger charge is 2.40. The Morgan fingerprint density at radius 1 is 1.19 bits per heavy atom.